The van der Waals surface area contributed by atoms with Crippen molar-refractivity contribution in [3.63, 3.8) is 0 Å². The Morgan fingerprint density at radius 1 is 0.577 bits per heavy atom. The first-order valence-corrected chi connectivity index (χ1v) is 18.8. The first-order valence-electron chi connectivity index (χ1n) is 11.7. The van der Waals surface area contributed by atoms with Crippen LogP contribution in [-0.2, 0) is 5.21 Å². The number of hydrogen-bond acceptors (Lipinski definition) is 0. The Labute approximate surface area is 168 Å². The molecule has 0 aliphatic heterocycles. The molecule has 0 amide bonds. The molecule has 0 saturated carbocycles. The summed E-state index contributed by atoms with van der Waals surface area (Å²) in [4.78, 5) is 0. The van der Waals surface area contributed by atoms with Gasteiger partial charge in [-0.25, -0.2) is 0 Å². The Hall–Kier alpha value is -0.222. The van der Waals surface area contributed by atoms with Gasteiger partial charge in [0.25, 0.3) is 0 Å². The van der Waals surface area contributed by atoms with Gasteiger partial charge in [-0.15, -0.1) is 0 Å². The molecule has 152 valence electrons. The molecule has 0 fully saturated rings. The third-order valence-electron chi connectivity index (χ3n) is 5.73. The van der Waals surface area contributed by atoms with E-state index < -0.39 is 13.6 Å². The van der Waals surface area contributed by atoms with Crippen LogP contribution in [0.25, 0.3) is 0 Å². The van der Waals surface area contributed by atoms with Gasteiger partial charge in [0.2, 0.25) is 0 Å². The van der Waals surface area contributed by atoms with Gasteiger partial charge in [-0.1, -0.05) is 26.2 Å². The summed E-state index contributed by atoms with van der Waals surface area (Å²) in [5, 5.41) is 2.95. The summed E-state index contributed by atoms with van der Waals surface area (Å²) >= 11 is -1.57. The molecule has 1 aromatic rings. The average Bonchev–Trinajstić information content (AvgIpc) is 2.62. The zero-order valence-corrected chi connectivity index (χ0v) is 20.3. The molecule has 1 heteroatoms. The van der Waals surface area contributed by atoms with E-state index in [1.165, 1.54) is 95.1 Å². The molecule has 0 heterocycles. The maximum absolute atomic E-state index is 2.62. The average molecular weight is 423 g/mol. The van der Waals surface area contributed by atoms with Gasteiger partial charge in [0.15, 0.2) is 0 Å². The zero-order valence-electron chi connectivity index (χ0n) is 18.2. The van der Waals surface area contributed by atoms with Crippen molar-refractivity contribution in [2.45, 2.75) is 119 Å². The Balaban J connectivity index is 1.87. The minimum absolute atomic E-state index is 1.37. The van der Waals surface area contributed by atoms with Gasteiger partial charge in [0.05, 0.1) is 0 Å². The summed E-state index contributed by atoms with van der Waals surface area (Å²) in [5.41, 5.74) is 6.81. The molecule has 0 atom stereocenters. The monoisotopic (exact) mass is 422 g/mol. The fourth-order valence-electron chi connectivity index (χ4n) is 4.03. The van der Waals surface area contributed by atoms with E-state index in [-0.39, 0.29) is 0 Å². The molecule has 0 aliphatic rings. The van der Waals surface area contributed by atoms with E-state index in [4.69, 9.17) is 0 Å². The molecular formula is C25H47As. The van der Waals surface area contributed by atoms with Crippen LogP contribution in [0.3, 0.4) is 0 Å². The quantitative estimate of drug-likeness (QED) is 0.174. The Morgan fingerprint density at radius 2 is 1.00 bits per heavy atom. The van der Waals surface area contributed by atoms with E-state index in [2.05, 4.69) is 48.7 Å². The van der Waals surface area contributed by atoms with Crippen molar-refractivity contribution in [1.82, 2.24) is 0 Å². The minimum atomic E-state index is -1.57. The molecule has 0 N–H and O–H groups in total. The molecule has 0 spiro atoms. The predicted octanol–water partition coefficient (Wildman–Crippen LogP) is 8.69. The zero-order chi connectivity index (χ0) is 18.9. The van der Waals surface area contributed by atoms with Crippen molar-refractivity contribution in [1.29, 1.82) is 0 Å². The Morgan fingerprint density at radius 3 is 1.46 bits per heavy atom. The SMILES string of the molecule is CCCCCCCCCCCCCCCC[AsH](C)(C)Cc1ccccc1. The summed E-state index contributed by atoms with van der Waals surface area (Å²) in [6.45, 7) is 2.30. The van der Waals surface area contributed by atoms with E-state index in [1.54, 1.807) is 10.8 Å². The second-order valence-corrected chi connectivity index (χ2v) is 20.0. The van der Waals surface area contributed by atoms with Gasteiger partial charge in [-0.2, -0.15) is 0 Å². The fourth-order valence-corrected chi connectivity index (χ4v) is 9.75. The van der Waals surface area contributed by atoms with Crippen molar-refractivity contribution in [3.8, 4) is 0 Å². The van der Waals surface area contributed by atoms with Gasteiger partial charge in [0.1, 0.15) is 0 Å². The molecular weight excluding hydrogens is 375 g/mol. The van der Waals surface area contributed by atoms with Crippen LogP contribution in [-0.4, -0.2) is 13.6 Å². The molecule has 0 aliphatic carbocycles. The molecule has 0 radical (unpaired) electrons. The molecule has 0 unspecified atom stereocenters. The third-order valence-corrected chi connectivity index (χ3v) is 12.2. The van der Waals surface area contributed by atoms with Crippen LogP contribution in [0.5, 0.6) is 0 Å². The molecule has 0 saturated heterocycles. The maximum atomic E-state index is 2.62. The van der Waals surface area contributed by atoms with Crippen LogP contribution in [0.2, 0.25) is 16.6 Å². The van der Waals surface area contributed by atoms with Crippen LogP contribution in [0, 0.1) is 0 Å². The van der Waals surface area contributed by atoms with E-state index in [1.807, 2.05) is 0 Å². The van der Waals surface area contributed by atoms with Gasteiger partial charge >= 0.3 is 142 Å². The first-order chi connectivity index (χ1) is 12.6. The summed E-state index contributed by atoms with van der Waals surface area (Å²) in [7, 11) is 0. The third kappa shape index (κ3) is 13.9. The van der Waals surface area contributed by atoms with Gasteiger partial charge < -0.3 is 0 Å². The van der Waals surface area contributed by atoms with Crippen LogP contribution in [0.15, 0.2) is 30.3 Å². The molecule has 26 heavy (non-hydrogen) atoms. The van der Waals surface area contributed by atoms with Crippen LogP contribution >= 0.6 is 0 Å². The summed E-state index contributed by atoms with van der Waals surface area (Å²) < 4.78 is 0. The Kier molecular flexibility index (Phi) is 14.5. The van der Waals surface area contributed by atoms with Crippen LogP contribution < -0.4 is 0 Å². The number of rotatable bonds is 17. The van der Waals surface area contributed by atoms with Crippen molar-refractivity contribution in [2.24, 2.45) is 0 Å². The number of unbranched alkanes of at least 4 members (excludes halogenated alkanes) is 13. The number of benzene rings is 1. The predicted molar refractivity (Wildman–Crippen MR) is 124 cm³/mol. The van der Waals surface area contributed by atoms with Gasteiger partial charge in [-0.3, -0.25) is 0 Å². The van der Waals surface area contributed by atoms with E-state index >= 15 is 0 Å². The van der Waals surface area contributed by atoms with E-state index in [0.29, 0.717) is 0 Å². The second kappa shape index (κ2) is 15.8. The molecule has 0 aromatic heterocycles. The topological polar surface area (TPSA) is 0 Å². The van der Waals surface area contributed by atoms with E-state index in [9.17, 15) is 0 Å². The van der Waals surface area contributed by atoms with Crippen molar-refractivity contribution >= 4 is 13.6 Å². The molecule has 1 aromatic carbocycles. The first kappa shape index (κ1) is 23.8. The van der Waals surface area contributed by atoms with Crippen molar-refractivity contribution in [3.05, 3.63) is 35.9 Å². The van der Waals surface area contributed by atoms with Gasteiger partial charge in [0, 0.05) is 0 Å². The molecule has 0 bridgehead atoms. The Bertz CT molecular complexity index is 409. The normalized spacial score (nSPS) is 12.4. The fraction of sp³-hybridized carbons (Fsp3) is 0.760. The standard InChI is InChI=1S/C25H47As/c1-4-5-6-7-8-9-10-11-12-13-14-15-16-20-23-26(2,3)24-25-21-18-17-19-22-25/h17-19,21-22,26H,4-16,20,23-24H2,1-3H3. The van der Waals surface area contributed by atoms with Gasteiger partial charge in [-0.05, 0) is 0 Å². The van der Waals surface area contributed by atoms with Crippen molar-refractivity contribution < 1.29 is 0 Å². The number of hydrogen-bond donors (Lipinski definition) is 0. The van der Waals surface area contributed by atoms with E-state index in [0.717, 1.165) is 0 Å². The van der Waals surface area contributed by atoms with Crippen LogP contribution in [0.4, 0.5) is 0 Å². The molecule has 0 nitrogen and oxygen atoms in total. The van der Waals surface area contributed by atoms with Crippen LogP contribution in [0.1, 0.15) is 102 Å². The summed E-state index contributed by atoms with van der Waals surface area (Å²) in [6.07, 6.45) is 20.5. The summed E-state index contributed by atoms with van der Waals surface area (Å²) in [6, 6.07) is 11.2. The van der Waals surface area contributed by atoms with Crippen molar-refractivity contribution in [2.75, 3.05) is 0 Å². The molecule has 1 rings (SSSR count). The second-order valence-electron chi connectivity index (χ2n) is 9.17. The summed E-state index contributed by atoms with van der Waals surface area (Å²) in [5.74, 6) is 0.